The molecular weight excluding hydrogens is 256 g/mol. The highest BCUT2D eigenvalue weighted by Gasteiger charge is 2.11. The van der Waals surface area contributed by atoms with Crippen LogP contribution in [0.25, 0.3) is 0 Å². The zero-order valence-corrected chi connectivity index (χ0v) is 11.8. The predicted molar refractivity (Wildman–Crippen MR) is 80.0 cm³/mol. The predicted octanol–water partition coefficient (Wildman–Crippen LogP) is 4.68. The van der Waals surface area contributed by atoms with E-state index < -0.39 is 0 Å². The molecule has 0 heterocycles. The Hall–Kier alpha value is -1.98. The third-order valence-electron chi connectivity index (χ3n) is 3.00. The summed E-state index contributed by atoms with van der Waals surface area (Å²) in [6.07, 6.45) is 0. The summed E-state index contributed by atoms with van der Waals surface area (Å²) >= 11 is 6.28. The highest BCUT2D eigenvalue weighted by Crippen LogP contribution is 2.32. The summed E-state index contributed by atoms with van der Waals surface area (Å²) in [5.41, 5.74) is 3.82. The number of hydrogen-bond acceptors (Lipinski definition) is 2. The van der Waals surface area contributed by atoms with Gasteiger partial charge in [0, 0.05) is 12.2 Å². The Bertz CT molecular complexity index is 629. The maximum Gasteiger partial charge on any atom is 0.0992 e. The first-order valence-electron chi connectivity index (χ1n) is 6.19. The average molecular weight is 271 g/mol. The summed E-state index contributed by atoms with van der Waals surface area (Å²) in [6, 6.07) is 15.8. The van der Waals surface area contributed by atoms with Crippen LogP contribution in [0, 0.1) is 18.3 Å². The van der Waals surface area contributed by atoms with E-state index in [2.05, 4.69) is 43.0 Å². The van der Waals surface area contributed by atoms with Crippen molar-refractivity contribution in [1.29, 1.82) is 5.26 Å². The van der Waals surface area contributed by atoms with Gasteiger partial charge in [-0.15, -0.1) is 0 Å². The van der Waals surface area contributed by atoms with Gasteiger partial charge < -0.3 is 4.90 Å². The summed E-state index contributed by atoms with van der Waals surface area (Å²) in [4.78, 5) is 2.14. The monoisotopic (exact) mass is 270 g/mol. The third-order valence-corrected chi connectivity index (χ3v) is 3.30. The van der Waals surface area contributed by atoms with Crippen LogP contribution in [0.15, 0.2) is 42.5 Å². The fourth-order valence-electron chi connectivity index (χ4n) is 2.08. The van der Waals surface area contributed by atoms with Crippen LogP contribution < -0.4 is 4.90 Å². The highest BCUT2D eigenvalue weighted by molar-refractivity contribution is 6.33. The minimum atomic E-state index is 0.578. The topological polar surface area (TPSA) is 27.0 Å². The maximum absolute atomic E-state index is 8.88. The Kier molecular flexibility index (Phi) is 4.09. The Labute approximate surface area is 118 Å². The zero-order chi connectivity index (χ0) is 13.8. The van der Waals surface area contributed by atoms with Crippen LogP contribution in [0.3, 0.4) is 0 Å². The number of halogens is 1. The van der Waals surface area contributed by atoms with E-state index in [1.165, 1.54) is 5.56 Å². The molecule has 96 valence electrons. The third kappa shape index (κ3) is 2.89. The van der Waals surface area contributed by atoms with E-state index in [0.29, 0.717) is 10.6 Å². The van der Waals surface area contributed by atoms with Gasteiger partial charge in [0.2, 0.25) is 0 Å². The molecule has 2 aromatic carbocycles. The van der Waals surface area contributed by atoms with Crippen LogP contribution in [0.5, 0.6) is 0 Å². The second kappa shape index (κ2) is 5.77. The summed E-state index contributed by atoms with van der Waals surface area (Å²) in [6.45, 7) is 4.96. The van der Waals surface area contributed by atoms with E-state index in [1.807, 2.05) is 12.1 Å². The van der Waals surface area contributed by atoms with E-state index in [-0.39, 0.29) is 0 Å². The van der Waals surface area contributed by atoms with Crippen LogP contribution in [-0.2, 0) is 0 Å². The lowest BCUT2D eigenvalue weighted by Crippen LogP contribution is -2.16. The lowest BCUT2D eigenvalue weighted by atomic mass is 10.1. The van der Waals surface area contributed by atoms with Crippen molar-refractivity contribution >= 4 is 23.0 Å². The smallest absolute Gasteiger partial charge is 0.0992 e. The largest absolute Gasteiger partial charge is 0.341 e. The van der Waals surface area contributed by atoms with Gasteiger partial charge in [-0.25, -0.2) is 0 Å². The van der Waals surface area contributed by atoms with Crippen molar-refractivity contribution in [2.45, 2.75) is 13.8 Å². The number of nitriles is 1. The van der Waals surface area contributed by atoms with Crippen LogP contribution >= 0.6 is 11.6 Å². The molecule has 0 amide bonds. The molecule has 0 aliphatic rings. The SMILES string of the molecule is CCN(c1cccc(C)c1)c1ccc(C#N)cc1Cl. The fourth-order valence-corrected chi connectivity index (χ4v) is 2.37. The van der Waals surface area contributed by atoms with Gasteiger partial charge in [-0.1, -0.05) is 23.7 Å². The average Bonchev–Trinajstić information content (AvgIpc) is 2.41. The van der Waals surface area contributed by atoms with Crippen LogP contribution in [0.2, 0.25) is 5.02 Å². The van der Waals surface area contributed by atoms with E-state index in [0.717, 1.165) is 17.9 Å². The number of aryl methyl sites for hydroxylation is 1. The minimum Gasteiger partial charge on any atom is -0.341 e. The molecule has 0 saturated carbocycles. The fraction of sp³-hybridized carbons (Fsp3) is 0.188. The molecule has 0 atom stereocenters. The minimum absolute atomic E-state index is 0.578. The van der Waals surface area contributed by atoms with Crippen LogP contribution in [-0.4, -0.2) is 6.54 Å². The molecular formula is C16H15ClN2. The van der Waals surface area contributed by atoms with Crippen LogP contribution in [0.1, 0.15) is 18.1 Å². The second-order valence-electron chi connectivity index (χ2n) is 4.36. The van der Waals surface area contributed by atoms with Crippen molar-refractivity contribution < 1.29 is 0 Å². The molecule has 0 fully saturated rings. The van der Waals surface area contributed by atoms with Crippen molar-refractivity contribution in [2.24, 2.45) is 0 Å². The lowest BCUT2D eigenvalue weighted by Gasteiger charge is -2.24. The van der Waals surface area contributed by atoms with E-state index in [9.17, 15) is 0 Å². The molecule has 2 rings (SSSR count). The van der Waals surface area contributed by atoms with Gasteiger partial charge in [-0.05, 0) is 49.7 Å². The molecule has 0 spiro atoms. The van der Waals surface area contributed by atoms with Crippen molar-refractivity contribution in [3.05, 3.63) is 58.6 Å². The summed E-state index contributed by atoms with van der Waals surface area (Å²) in [5, 5.41) is 9.48. The zero-order valence-electron chi connectivity index (χ0n) is 11.0. The molecule has 0 aliphatic carbocycles. The number of hydrogen-bond donors (Lipinski definition) is 0. The van der Waals surface area contributed by atoms with Gasteiger partial charge in [0.25, 0.3) is 0 Å². The first-order chi connectivity index (χ1) is 9.15. The molecule has 0 radical (unpaired) electrons. The normalized spacial score (nSPS) is 10.0. The molecule has 0 saturated heterocycles. The molecule has 0 N–H and O–H groups in total. The molecule has 3 heteroatoms. The van der Waals surface area contributed by atoms with Crippen molar-refractivity contribution in [1.82, 2.24) is 0 Å². The first-order valence-corrected chi connectivity index (χ1v) is 6.57. The number of nitrogens with zero attached hydrogens (tertiary/aromatic N) is 2. The molecule has 0 bridgehead atoms. The Balaban J connectivity index is 2.46. The molecule has 0 aromatic heterocycles. The van der Waals surface area contributed by atoms with Gasteiger partial charge in [0.1, 0.15) is 0 Å². The van der Waals surface area contributed by atoms with Gasteiger partial charge in [-0.2, -0.15) is 5.26 Å². The summed E-state index contributed by atoms with van der Waals surface area (Å²) < 4.78 is 0. The van der Waals surface area contributed by atoms with E-state index >= 15 is 0 Å². The van der Waals surface area contributed by atoms with Gasteiger partial charge in [0.15, 0.2) is 0 Å². The summed E-state index contributed by atoms with van der Waals surface area (Å²) in [5.74, 6) is 0. The molecule has 0 unspecified atom stereocenters. The second-order valence-corrected chi connectivity index (χ2v) is 4.77. The standard InChI is InChI=1S/C16H15ClN2/c1-3-19(14-6-4-5-12(2)9-14)16-8-7-13(11-18)10-15(16)17/h4-10H,3H2,1-2H3. The van der Waals surface area contributed by atoms with E-state index in [4.69, 9.17) is 16.9 Å². The maximum atomic E-state index is 8.88. The Morgan fingerprint density at radius 1 is 1.21 bits per heavy atom. The number of rotatable bonds is 3. The lowest BCUT2D eigenvalue weighted by molar-refractivity contribution is 1.02. The number of anilines is 2. The molecule has 2 nitrogen and oxygen atoms in total. The first kappa shape index (κ1) is 13.5. The van der Waals surface area contributed by atoms with Gasteiger partial charge in [0.05, 0.1) is 22.3 Å². The van der Waals surface area contributed by atoms with E-state index in [1.54, 1.807) is 12.1 Å². The number of benzene rings is 2. The van der Waals surface area contributed by atoms with Crippen molar-refractivity contribution in [3.8, 4) is 6.07 Å². The van der Waals surface area contributed by atoms with Crippen LogP contribution in [0.4, 0.5) is 11.4 Å². The van der Waals surface area contributed by atoms with Crippen molar-refractivity contribution in [2.75, 3.05) is 11.4 Å². The quantitative estimate of drug-likeness (QED) is 0.810. The molecule has 2 aromatic rings. The highest BCUT2D eigenvalue weighted by atomic mass is 35.5. The summed E-state index contributed by atoms with van der Waals surface area (Å²) in [7, 11) is 0. The van der Waals surface area contributed by atoms with Gasteiger partial charge in [-0.3, -0.25) is 0 Å². The molecule has 0 aliphatic heterocycles. The Morgan fingerprint density at radius 2 is 2.00 bits per heavy atom. The molecule has 19 heavy (non-hydrogen) atoms. The van der Waals surface area contributed by atoms with Crippen molar-refractivity contribution in [3.63, 3.8) is 0 Å². The van der Waals surface area contributed by atoms with Gasteiger partial charge >= 0.3 is 0 Å². The Morgan fingerprint density at radius 3 is 2.58 bits per heavy atom.